The molecule has 0 unspecified atom stereocenters. The number of carbonyl (C=O) groups is 1. The molecule has 4 heteroatoms. The lowest BCUT2D eigenvalue weighted by atomic mass is 9.86. The van der Waals surface area contributed by atoms with Crippen molar-refractivity contribution < 1.29 is 4.79 Å². The fourth-order valence-electron chi connectivity index (χ4n) is 3.34. The number of rotatable bonds is 6. The summed E-state index contributed by atoms with van der Waals surface area (Å²) in [4.78, 5) is 19.2. The van der Waals surface area contributed by atoms with Crippen LogP contribution in [0.5, 0.6) is 0 Å². The van der Waals surface area contributed by atoms with Crippen LogP contribution in [-0.4, -0.2) is 22.3 Å². The molecule has 2 aromatic carbocycles. The Balaban J connectivity index is 1.81. The molecule has 29 heavy (non-hydrogen) atoms. The molecule has 0 aliphatic heterocycles. The number of benzene rings is 2. The minimum atomic E-state index is -0.0170. The first-order valence-corrected chi connectivity index (χ1v) is 10.0. The summed E-state index contributed by atoms with van der Waals surface area (Å²) in [6.45, 7) is 9.78. The summed E-state index contributed by atoms with van der Waals surface area (Å²) in [5.74, 6) is -0.0170. The molecule has 0 spiro atoms. The molecule has 0 fully saturated rings. The second kappa shape index (κ2) is 8.91. The van der Waals surface area contributed by atoms with E-state index in [1.807, 2.05) is 60.4 Å². The zero-order valence-electron chi connectivity index (χ0n) is 17.6. The number of amides is 1. The third kappa shape index (κ3) is 5.23. The zero-order chi connectivity index (χ0) is 20.9. The number of hydrogen-bond acceptors (Lipinski definition) is 3. The third-order valence-electron chi connectivity index (χ3n) is 4.88. The summed E-state index contributed by atoms with van der Waals surface area (Å²) in [6.07, 6.45) is 3.39. The molecular formula is C25H29N3O. The van der Waals surface area contributed by atoms with Crippen LogP contribution in [0.3, 0.4) is 0 Å². The standard InChI is InChI=1S/C25H29N3O/c1-5-28(18-19-11-7-6-8-12-19)24(29)20-15-21(17-26-16-20)27-23-14-10-9-13-22(23)25(2,3)4/h6-17,27H,5,18H2,1-4H3. The predicted octanol–water partition coefficient (Wildman–Crippen LogP) is 5.79. The number of carbonyl (C=O) groups excluding carboxylic acids is 1. The van der Waals surface area contributed by atoms with E-state index in [-0.39, 0.29) is 11.3 Å². The van der Waals surface area contributed by atoms with Crippen molar-refractivity contribution in [2.45, 2.75) is 39.7 Å². The number of hydrogen-bond donors (Lipinski definition) is 1. The third-order valence-corrected chi connectivity index (χ3v) is 4.88. The van der Waals surface area contributed by atoms with E-state index in [9.17, 15) is 4.79 Å². The summed E-state index contributed by atoms with van der Waals surface area (Å²) < 4.78 is 0. The van der Waals surface area contributed by atoms with E-state index in [2.05, 4.69) is 43.2 Å². The van der Waals surface area contributed by atoms with Gasteiger partial charge in [-0.25, -0.2) is 0 Å². The molecule has 0 radical (unpaired) electrons. The maximum Gasteiger partial charge on any atom is 0.255 e. The largest absolute Gasteiger partial charge is 0.354 e. The van der Waals surface area contributed by atoms with Crippen molar-refractivity contribution in [2.75, 3.05) is 11.9 Å². The monoisotopic (exact) mass is 387 g/mol. The van der Waals surface area contributed by atoms with Crippen LogP contribution in [0.15, 0.2) is 73.1 Å². The number of aromatic nitrogens is 1. The molecule has 1 N–H and O–H groups in total. The predicted molar refractivity (Wildman–Crippen MR) is 120 cm³/mol. The van der Waals surface area contributed by atoms with Crippen molar-refractivity contribution in [2.24, 2.45) is 0 Å². The molecular weight excluding hydrogens is 358 g/mol. The number of para-hydroxylation sites is 1. The Kier molecular flexibility index (Phi) is 6.32. The normalized spacial score (nSPS) is 11.2. The maximum atomic E-state index is 13.1. The highest BCUT2D eigenvalue weighted by molar-refractivity contribution is 5.95. The Morgan fingerprint density at radius 2 is 1.69 bits per heavy atom. The molecule has 0 aliphatic carbocycles. The van der Waals surface area contributed by atoms with Crippen LogP contribution >= 0.6 is 0 Å². The van der Waals surface area contributed by atoms with Crippen LogP contribution in [-0.2, 0) is 12.0 Å². The lowest BCUT2D eigenvalue weighted by molar-refractivity contribution is 0.0752. The molecule has 3 rings (SSSR count). The number of anilines is 2. The van der Waals surface area contributed by atoms with Gasteiger partial charge < -0.3 is 10.2 Å². The van der Waals surface area contributed by atoms with Gasteiger partial charge in [0, 0.05) is 25.0 Å². The summed E-state index contributed by atoms with van der Waals surface area (Å²) in [5.41, 5.74) is 4.77. The minimum Gasteiger partial charge on any atom is -0.354 e. The number of nitrogens with one attached hydrogen (secondary N) is 1. The average Bonchev–Trinajstić information content (AvgIpc) is 2.72. The number of nitrogens with zero attached hydrogens (tertiary/aromatic N) is 2. The van der Waals surface area contributed by atoms with Crippen molar-refractivity contribution >= 4 is 17.3 Å². The smallest absolute Gasteiger partial charge is 0.255 e. The SMILES string of the molecule is CCN(Cc1ccccc1)C(=O)c1cncc(Nc2ccccc2C(C)(C)C)c1. The van der Waals surface area contributed by atoms with Crippen molar-refractivity contribution in [1.29, 1.82) is 0 Å². The Labute approximate surface area is 173 Å². The van der Waals surface area contributed by atoms with Crippen LogP contribution in [0.25, 0.3) is 0 Å². The van der Waals surface area contributed by atoms with Crippen molar-refractivity contribution in [3.63, 3.8) is 0 Å². The van der Waals surface area contributed by atoms with Gasteiger partial charge in [0.05, 0.1) is 17.4 Å². The Bertz CT molecular complexity index is 961. The molecule has 0 saturated carbocycles. The van der Waals surface area contributed by atoms with Gasteiger partial charge in [-0.05, 0) is 35.6 Å². The van der Waals surface area contributed by atoms with Gasteiger partial charge in [-0.2, -0.15) is 0 Å². The Morgan fingerprint density at radius 3 is 2.38 bits per heavy atom. The van der Waals surface area contributed by atoms with E-state index >= 15 is 0 Å². The zero-order valence-corrected chi connectivity index (χ0v) is 17.6. The van der Waals surface area contributed by atoms with Crippen LogP contribution in [0.1, 0.15) is 49.2 Å². The quantitative estimate of drug-likeness (QED) is 0.583. The summed E-state index contributed by atoms with van der Waals surface area (Å²) in [7, 11) is 0. The van der Waals surface area contributed by atoms with Crippen LogP contribution in [0, 0.1) is 0 Å². The van der Waals surface area contributed by atoms with Gasteiger partial charge in [-0.1, -0.05) is 69.3 Å². The summed E-state index contributed by atoms with van der Waals surface area (Å²) in [6, 6.07) is 20.2. The lowest BCUT2D eigenvalue weighted by Gasteiger charge is -2.24. The van der Waals surface area contributed by atoms with Gasteiger partial charge in [0.25, 0.3) is 5.91 Å². The van der Waals surface area contributed by atoms with Gasteiger partial charge in [-0.15, -0.1) is 0 Å². The first-order valence-electron chi connectivity index (χ1n) is 10.0. The molecule has 0 bridgehead atoms. The van der Waals surface area contributed by atoms with Crippen molar-refractivity contribution in [3.8, 4) is 0 Å². The molecule has 4 nitrogen and oxygen atoms in total. The second-order valence-corrected chi connectivity index (χ2v) is 8.19. The van der Waals surface area contributed by atoms with Gasteiger partial charge in [0.1, 0.15) is 0 Å². The molecule has 1 aromatic heterocycles. The topological polar surface area (TPSA) is 45.2 Å². The van der Waals surface area contributed by atoms with Gasteiger partial charge in [-0.3, -0.25) is 9.78 Å². The van der Waals surface area contributed by atoms with E-state index < -0.39 is 0 Å². The molecule has 1 amide bonds. The van der Waals surface area contributed by atoms with E-state index in [1.165, 1.54) is 5.56 Å². The maximum absolute atomic E-state index is 13.1. The van der Waals surface area contributed by atoms with Crippen molar-refractivity contribution in [1.82, 2.24) is 9.88 Å². The minimum absolute atomic E-state index is 0.0130. The number of pyridine rings is 1. The fourth-order valence-corrected chi connectivity index (χ4v) is 3.34. The molecule has 0 saturated heterocycles. The highest BCUT2D eigenvalue weighted by atomic mass is 16.2. The molecule has 1 heterocycles. The van der Waals surface area contributed by atoms with Crippen LogP contribution in [0.2, 0.25) is 0 Å². The average molecular weight is 388 g/mol. The van der Waals surface area contributed by atoms with E-state index in [0.717, 1.165) is 16.9 Å². The fraction of sp³-hybridized carbons (Fsp3) is 0.280. The Morgan fingerprint density at radius 1 is 1.00 bits per heavy atom. The summed E-state index contributed by atoms with van der Waals surface area (Å²) in [5, 5.41) is 3.45. The Hall–Kier alpha value is -3.14. The molecule has 150 valence electrons. The summed E-state index contributed by atoms with van der Waals surface area (Å²) >= 11 is 0. The van der Waals surface area contributed by atoms with Crippen LogP contribution in [0.4, 0.5) is 11.4 Å². The molecule has 0 atom stereocenters. The van der Waals surface area contributed by atoms with Crippen LogP contribution < -0.4 is 5.32 Å². The van der Waals surface area contributed by atoms with E-state index in [0.29, 0.717) is 18.7 Å². The highest BCUT2D eigenvalue weighted by Gasteiger charge is 2.19. The lowest BCUT2D eigenvalue weighted by Crippen LogP contribution is -2.30. The highest BCUT2D eigenvalue weighted by Crippen LogP contribution is 2.31. The second-order valence-electron chi connectivity index (χ2n) is 8.19. The molecule has 0 aliphatic rings. The van der Waals surface area contributed by atoms with Gasteiger partial charge in [0.15, 0.2) is 0 Å². The van der Waals surface area contributed by atoms with E-state index in [4.69, 9.17) is 0 Å². The van der Waals surface area contributed by atoms with E-state index in [1.54, 1.807) is 12.4 Å². The first kappa shape index (κ1) is 20.6. The van der Waals surface area contributed by atoms with Gasteiger partial charge >= 0.3 is 0 Å². The van der Waals surface area contributed by atoms with Crippen molar-refractivity contribution in [3.05, 3.63) is 89.7 Å². The molecule has 3 aromatic rings. The van der Waals surface area contributed by atoms with Gasteiger partial charge in [0.2, 0.25) is 0 Å². The first-order chi connectivity index (χ1) is 13.9.